The van der Waals surface area contributed by atoms with Crippen LogP contribution >= 0.6 is 0 Å². The van der Waals surface area contributed by atoms with E-state index in [-0.39, 0.29) is 23.4 Å². The van der Waals surface area contributed by atoms with Crippen molar-refractivity contribution in [3.8, 4) is 0 Å². The molecule has 0 bridgehead atoms. The first-order chi connectivity index (χ1) is 11.1. The zero-order chi connectivity index (χ0) is 16.4. The highest BCUT2D eigenvalue weighted by Gasteiger charge is 2.36. The van der Waals surface area contributed by atoms with Gasteiger partial charge in [-0.1, -0.05) is 12.1 Å². The van der Waals surface area contributed by atoms with Gasteiger partial charge in [0.05, 0.1) is 23.4 Å². The normalized spacial score (nSPS) is 13.2. The number of amides is 3. The SMILES string of the molecule is O=C(CN1C(=O)c2ccccc2C1=O)NCc1ncccc1F. The zero-order valence-corrected chi connectivity index (χ0v) is 12.0. The average Bonchev–Trinajstić information content (AvgIpc) is 2.80. The largest absolute Gasteiger partial charge is 0.349 e. The molecule has 0 atom stereocenters. The van der Waals surface area contributed by atoms with Crippen LogP contribution in [0.5, 0.6) is 0 Å². The van der Waals surface area contributed by atoms with Crippen LogP contribution in [0.25, 0.3) is 0 Å². The molecule has 1 aliphatic rings. The molecule has 1 N–H and O–H groups in total. The molecule has 3 amide bonds. The average molecular weight is 313 g/mol. The number of imide groups is 1. The van der Waals surface area contributed by atoms with Gasteiger partial charge >= 0.3 is 0 Å². The van der Waals surface area contributed by atoms with Crippen LogP contribution in [0.15, 0.2) is 42.6 Å². The Balaban J connectivity index is 1.64. The Morgan fingerprint density at radius 2 is 1.74 bits per heavy atom. The molecule has 2 heterocycles. The van der Waals surface area contributed by atoms with E-state index in [0.717, 1.165) is 4.90 Å². The molecule has 1 aromatic heterocycles. The number of nitrogens with one attached hydrogen (secondary N) is 1. The highest BCUT2D eigenvalue weighted by atomic mass is 19.1. The lowest BCUT2D eigenvalue weighted by Crippen LogP contribution is -2.40. The maximum absolute atomic E-state index is 13.4. The molecule has 0 aliphatic carbocycles. The van der Waals surface area contributed by atoms with E-state index in [1.165, 1.54) is 30.5 Å². The standard InChI is InChI=1S/C16H12FN3O3/c17-12-6-3-7-18-13(12)8-19-14(21)9-20-15(22)10-4-1-2-5-11(10)16(20)23/h1-7H,8-9H2,(H,19,21). The van der Waals surface area contributed by atoms with Crippen LogP contribution in [0.3, 0.4) is 0 Å². The van der Waals surface area contributed by atoms with Gasteiger partial charge in [0.1, 0.15) is 12.4 Å². The molecule has 3 rings (SSSR count). The summed E-state index contributed by atoms with van der Waals surface area (Å²) in [5.74, 6) is -2.12. The Morgan fingerprint density at radius 3 is 2.35 bits per heavy atom. The van der Waals surface area contributed by atoms with Crippen LogP contribution in [0, 0.1) is 5.82 Å². The summed E-state index contributed by atoms with van der Waals surface area (Å²) in [7, 11) is 0. The molecule has 23 heavy (non-hydrogen) atoms. The number of pyridine rings is 1. The molecule has 0 fully saturated rings. The van der Waals surface area contributed by atoms with E-state index in [0.29, 0.717) is 0 Å². The summed E-state index contributed by atoms with van der Waals surface area (Å²) in [5, 5.41) is 2.45. The fourth-order valence-corrected chi connectivity index (χ4v) is 2.31. The van der Waals surface area contributed by atoms with Crippen molar-refractivity contribution in [2.24, 2.45) is 0 Å². The minimum atomic E-state index is -0.565. The molecule has 116 valence electrons. The third-order valence-electron chi connectivity index (χ3n) is 3.47. The molecule has 1 aromatic carbocycles. The summed E-state index contributed by atoms with van der Waals surface area (Å²) in [6.07, 6.45) is 1.41. The topological polar surface area (TPSA) is 79.4 Å². The Labute approximate surface area is 130 Å². The Hall–Kier alpha value is -3.09. The van der Waals surface area contributed by atoms with Crippen LogP contribution in [-0.2, 0) is 11.3 Å². The van der Waals surface area contributed by atoms with Crippen LogP contribution in [-0.4, -0.2) is 34.2 Å². The van der Waals surface area contributed by atoms with Crippen molar-refractivity contribution in [1.82, 2.24) is 15.2 Å². The number of hydrogen-bond acceptors (Lipinski definition) is 4. The third-order valence-corrected chi connectivity index (χ3v) is 3.47. The minimum Gasteiger partial charge on any atom is -0.349 e. The van der Waals surface area contributed by atoms with Crippen molar-refractivity contribution in [2.75, 3.05) is 6.54 Å². The number of nitrogens with zero attached hydrogens (tertiary/aromatic N) is 2. The molecule has 1 aliphatic heterocycles. The van der Waals surface area contributed by atoms with Crippen LogP contribution < -0.4 is 5.32 Å². The van der Waals surface area contributed by atoms with Crippen molar-refractivity contribution in [2.45, 2.75) is 6.54 Å². The van der Waals surface area contributed by atoms with Gasteiger partial charge in [-0.05, 0) is 24.3 Å². The molecular weight excluding hydrogens is 301 g/mol. The molecule has 7 heteroatoms. The van der Waals surface area contributed by atoms with Crippen molar-refractivity contribution < 1.29 is 18.8 Å². The lowest BCUT2D eigenvalue weighted by molar-refractivity contribution is -0.121. The smallest absolute Gasteiger partial charge is 0.262 e. The first kappa shape index (κ1) is 14.8. The summed E-state index contributed by atoms with van der Waals surface area (Å²) in [6, 6.07) is 9.06. The van der Waals surface area contributed by atoms with Crippen LogP contribution in [0.1, 0.15) is 26.4 Å². The van der Waals surface area contributed by atoms with Gasteiger partial charge in [0.2, 0.25) is 5.91 Å². The number of carbonyl (C=O) groups is 3. The number of rotatable bonds is 4. The maximum atomic E-state index is 13.4. The number of carbonyl (C=O) groups excluding carboxylic acids is 3. The minimum absolute atomic E-state index is 0.0863. The molecule has 0 saturated heterocycles. The van der Waals surface area contributed by atoms with Gasteiger partial charge in [0.25, 0.3) is 11.8 Å². The van der Waals surface area contributed by atoms with Crippen molar-refractivity contribution in [3.05, 3.63) is 65.2 Å². The molecule has 0 spiro atoms. The monoisotopic (exact) mass is 313 g/mol. The molecular formula is C16H12FN3O3. The lowest BCUT2D eigenvalue weighted by Gasteiger charge is -2.13. The van der Waals surface area contributed by atoms with Gasteiger partial charge in [-0.2, -0.15) is 0 Å². The summed E-state index contributed by atoms with van der Waals surface area (Å²) in [4.78, 5) is 40.8. The number of halogens is 1. The number of fused-ring (bicyclic) bond motifs is 1. The molecule has 6 nitrogen and oxygen atoms in total. The predicted octanol–water partition coefficient (Wildman–Crippen LogP) is 1.13. The van der Waals surface area contributed by atoms with E-state index in [4.69, 9.17) is 0 Å². The van der Waals surface area contributed by atoms with Gasteiger partial charge in [-0.25, -0.2) is 4.39 Å². The van der Waals surface area contributed by atoms with Gasteiger partial charge in [0, 0.05) is 6.20 Å². The first-order valence-corrected chi connectivity index (χ1v) is 6.89. The molecule has 0 saturated carbocycles. The number of benzene rings is 1. The van der Waals surface area contributed by atoms with Crippen molar-refractivity contribution >= 4 is 17.7 Å². The number of hydrogen-bond donors (Lipinski definition) is 1. The van der Waals surface area contributed by atoms with Crippen molar-refractivity contribution in [1.29, 1.82) is 0 Å². The van der Waals surface area contributed by atoms with Crippen molar-refractivity contribution in [3.63, 3.8) is 0 Å². The predicted molar refractivity (Wildman–Crippen MR) is 77.9 cm³/mol. The van der Waals surface area contributed by atoms with Gasteiger partial charge < -0.3 is 5.32 Å². The maximum Gasteiger partial charge on any atom is 0.262 e. The molecule has 0 radical (unpaired) electrons. The van der Waals surface area contributed by atoms with E-state index in [1.807, 2.05) is 0 Å². The third kappa shape index (κ3) is 2.80. The zero-order valence-electron chi connectivity index (χ0n) is 12.0. The summed E-state index contributed by atoms with van der Waals surface area (Å²) in [5.41, 5.74) is 0.644. The Bertz CT molecular complexity index is 772. The second-order valence-electron chi connectivity index (χ2n) is 4.95. The Morgan fingerprint density at radius 1 is 1.09 bits per heavy atom. The van der Waals surface area contributed by atoms with Crippen LogP contribution in [0.4, 0.5) is 4.39 Å². The van der Waals surface area contributed by atoms with E-state index >= 15 is 0 Å². The quantitative estimate of drug-likeness (QED) is 0.858. The van der Waals surface area contributed by atoms with Crippen LogP contribution in [0.2, 0.25) is 0 Å². The van der Waals surface area contributed by atoms with Gasteiger partial charge in [-0.3, -0.25) is 24.3 Å². The van der Waals surface area contributed by atoms with E-state index in [2.05, 4.69) is 10.3 Å². The highest BCUT2D eigenvalue weighted by Crippen LogP contribution is 2.21. The highest BCUT2D eigenvalue weighted by molar-refractivity contribution is 6.22. The summed E-state index contributed by atoms with van der Waals surface area (Å²) >= 11 is 0. The summed E-state index contributed by atoms with van der Waals surface area (Å²) < 4.78 is 13.4. The second-order valence-corrected chi connectivity index (χ2v) is 4.95. The lowest BCUT2D eigenvalue weighted by atomic mass is 10.1. The van der Waals surface area contributed by atoms with E-state index in [1.54, 1.807) is 12.1 Å². The van der Waals surface area contributed by atoms with E-state index < -0.39 is 30.1 Å². The Kier molecular flexibility index (Phi) is 3.84. The van der Waals surface area contributed by atoms with E-state index in [9.17, 15) is 18.8 Å². The van der Waals surface area contributed by atoms with Gasteiger partial charge in [0.15, 0.2) is 0 Å². The fraction of sp³-hybridized carbons (Fsp3) is 0.125. The molecule has 0 unspecified atom stereocenters. The fourth-order valence-electron chi connectivity index (χ4n) is 2.31. The van der Waals surface area contributed by atoms with Gasteiger partial charge in [-0.15, -0.1) is 0 Å². The first-order valence-electron chi connectivity index (χ1n) is 6.89. The second kappa shape index (κ2) is 5.96. The number of aromatic nitrogens is 1. The molecule has 2 aromatic rings. The summed E-state index contributed by atoms with van der Waals surface area (Å²) in [6.45, 7) is -0.532.